The molecule has 1 N–H and O–H groups in total. The number of nitrogens with one attached hydrogen (secondary N) is 1. The Balaban J connectivity index is 0.00000261. The van der Waals surface area contributed by atoms with E-state index < -0.39 is 0 Å². The van der Waals surface area contributed by atoms with Crippen molar-refractivity contribution in [1.82, 2.24) is 24.8 Å². The van der Waals surface area contributed by atoms with Crippen molar-refractivity contribution in [3.63, 3.8) is 0 Å². The summed E-state index contributed by atoms with van der Waals surface area (Å²) >= 11 is 1.67. The van der Waals surface area contributed by atoms with Gasteiger partial charge in [0.2, 0.25) is 0 Å². The average molecular weight is 496 g/mol. The van der Waals surface area contributed by atoms with Gasteiger partial charge in [-0.3, -0.25) is 4.99 Å². The van der Waals surface area contributed by atoms with Gasteiger partial charge in [0.25, 0.3) is 0 Å². The van der Waals surface area contributed by atoms with E-state index in [4.69, 9.17) is 0 Å². The predicted octanol–water partition coefficient (Wildman–Crippen LogP) is 3.52. The highest BCUT2D eigenvalue weighted by Crippen LogP contribution is 2.10. The maximum Gasteiger partial charge on any atom is 0.194 e. The lowest BCUT2D eigenvalue weighted by molar-refractivity contribution is 0.468. The van der Waals surface area contributed by atoms with Crippen molar-refractivity contribution >= 4 is 41.3 Å². The second-order valence-electron chi connectivity index (χ2n) is 6.07. The number of thiazole rings is 1. The number of nitrogens with zero attached hydrogens (tertiary/aromatic N) is 5. The third kappa shape index (κ3) is 6.03. The molecule has 0 aliphatic heterocycles. The Hall–Kier alpha value is -1.94. The molecule has 144 valence electrons. The van der Waals surface area contributed by atoms with Gasteiger partial charge in [0.1, 0.15) is 5.82 Å². The minimum atomic E-state index is 0. The van der Waals surface area contributed by atoms with Crippen LogP contribution in [0.1, 0.15) is 22.1 Å². The van der Waals surface area contributed by atoms with Crippen molar-refractivity contribution < 1.29 is 0 Å². The van der Waals surface area contributed by atoms with Crippen LogP contribution in [0.3, 0.4) is 0 Å². The minimum Gasteiger partial charge on any atom is -0.349 e. The number of hydrogen-bond donors (Lipinski definition) is 1. The summed E-state index contributed by atoms with van der Waals surface area (Å²) in [5, 5.41) is 6.56. The van der Waals surface area contributed by atoms with Gasteiger partial charge in [0, 0.05) is 38.4 Å². The molecular weight excluding hydrogens is 471 g/mol. The van der Waals surface area contributed by atoms with Crippen molar-refractivity contribution in [2.75, 3.05) is 14.1 Å². The number of halogens is 1. The molecule has 0 bridgehead atoms. The first-order valence-corrected chi connectivity index (χ1v) is 9.40. The van der Waals surface area contributed by atoms with Crippen LogP contribution < -0.4 is 5.32 Å². The zero-order valence-corrected chi connectivity index (χ0v) is 18.9. The molecule has 0 saturated heterocycles. The van der Waals surface area contributed by atoms with E-state index in [0.29, 0.717) is 6.54 Å². The molecule has 0 aliphatic carbocycles. The first-order chi connectivity index (χ1) is 12.7. The number of aromatic nitrogens is 3. The summed E-state index contributed by atoms with van der Waals surface area (Å²) in [5.41, 5.74) is 2.32. The summed E-state index contributed by atoms with van der Waals surface area (Å²) in [4.78, 5) is 15.4. The highest BCUT2D eigenvalue weighted by Gasteiger charge is 2.10. The second-order valence-corrected chi connectivity index (χ2v) is 7.13. The summed E-state index contributed by atoms with van der Waals surface area (Å²) in [6.07, 6.45) is 3.85. The van der Waals surface area contributed by atoms with Gasteiger partial charge < -0.3 is 14.8 Å². The Kier molecular flexibility index (Phi) is 8.23. The molecule has 0 amide bonds. The third-order valence-electron chi connectivity index (χ3n) is 4.04. The predicted molar refractivity (Wildman–Crippen MR) is 122 cm³/mol. The zero-order chi connectivity index (χ0) is 18.4. The normalized spacial score (nSPS) is 11.1. The van der Waals surface area contributed by atoms with Crippen molar-refractivity contribution in [1.29, 1.82) is 0 Å². The van der Waals surface area contributed by atoms with Gasteiger partial charge in [0.15, 0.2) is 5.96 Å². The highest BCUT2D eigenvalue weighted by molar-refractivity contribution is 14.0. The summed E-state index contributed by atoms with van der Waals surface area (Å²) in [7, 11) is 3.81. The highest BCUT2D eigenvalue weighted by atomic mass is 127. The van der Waals surface area contributed by atoms with Crippen LogP contribution in [-0.4, -0.2) is 39.5 Å². The van der Waals surface area contributed by atoms with E-state index in [0.717, 1.165) is 35.6 Å². The van der Waals surface area contributed by atoms with Crippen LogP contribution in [-0.2, 0) is 19.6 Å². The van der Waals surface area contributed by atoms with E-state index in [1.807, 2.05) is 32.4 Å². The summed E-state index contributed by atoms with van der Waals surface area (Å²) in [6.45, 7) is 4.17. The maximum atomic E-state index is 4.52. The molecule has 0 unspecified atom stereocenters. The molecule has 0 saturated carbocycles. The molecule has 0 spiro atoms. The molecule has 0 atom stereocenters. The fourth-order valence-electron chi connectivity index (χ4n) is 2.77. The van der Waals surface area contributed by atoms with Crippen LogP contribution >= 0.6 is 35.3 Å². The second kappa shape index (κ2) is 10.4. The number of rotatable bonds is 6. The molecule has 6 nitrogen and oxygen atoms in total. The van der Waals surface area contributed by atoms with Gasteiger partial charge >= 0.3 is 0 Å². The van der Waals surface area contributed by atoms with E-state index in [-0.39, 0.29) is 24.0 Å². The molecule has 2 aromatic heterocycles. The molecule has 1 aromatic carbocycles. The van der Waals surface area contributed by atoms with E-state index >= 15 is 0 Å². The molecule has 2 heterocycles. The van der Waals surface area contributed by atoms with Gasteiger partial charge in [0.05, 0.1) is 23.8 Å². The molecule has 0 aliphatic rings. The van der Waals surface area contributed by atoms with Crippen LogP contribution in [0, 0.1) is 6.92 Å². The van der Waals surface area contributed by atoms with Gasteiger partial charge in [-0.1, -0.05) is 30.3 Å². The van der Waals surface area contributed by atoms with E-state index in [2.05, 4.69) is 59.4 Å². The number of benzene rings is 1. The average Bonchev–Trinajstić information content (AvgIpc) is 3.25. The molecule has 27 heavy (non-hydrogen) atoms. The smallest absolute Gasteiger partial charge is 0.194 e. The van der Waals surface area contributed by atoms with Crippen molar-refractivity contribution in [3.05, 3.63) is 70.2 Å². The minimum absolute atomic E-state index is 0. The Labute approximate surface area is 181 Å². The summed E-state index contributed by atoms with van der Waals surface area (Å²) < 4.78 is 2.15. The van der Waals surface area contributed by atoms with E-state index in [9.17, 15) is 0 Å². The third-order valence-corrected chi connectivity index (χ3v) is 4.86. The monoisotopic (exact) mass is 496 g/mol. The molecule has 3 rings (SSSR count). The number of aryl methyl sites for hydroxylation is 1. The quantitative estimate of drug-likeness (QED) is 0.323. The lowest BCUT2D eigenvalue weighted by atomic mass is 10.2. The lowest BCUT2D eigenvalue weighted by Gasteiger charge is -2.21. The molecule has 8 heteroatoms. The van der Waals surface area contributed by atoms with E-state index in [1.165, 1.54) is 5.56 Å². The van der Waals surface area contributed by atoms with Gasteiger partial charge in [-0.15, -0.1) is 35.3 Å². The standard InChI is InChI=1S/C19H24N6S.HI/c1-15-23-17(14-26-15)13-24(3)19(20-2)22-11-18-21-9-10-25(18)12-16-7-5-4-6-8-16;/h4-10,14H,11-13H2,1-3H3,(H,20,22);1H. The van der Waals surface area contributed by atoms with Crippen LogP contribution in [0.4, 0.5) is 0 Å². The van der Waals surface area contributed by atoms with Crippen molar-refractivity contribution in [2.24, 2.45) is 4.99 Å². The summed E-state index contributed by atoms with van der Waals surface area (Å²) in [5.74, 6) is 1.80. The molecular formula is C19H25IN6S. The lowest BCUT2D eigenvalue weighted by Crippen LogP contribution is -2.38. The van der Waals surface area contributed by atoms with Crippen LogP contribution in [0.15, 0.2) is 53.1 Å². The van der Waals surface area contributed by atoms with Crippen LogP contribution in [0.5, 0.6) is 0 Å². The number of hydrogen-bond acceptors (Lipinski definition) is 4. The first-order valence-electron chi connectivity index (χ1n) is 8.52. The largest absolute Gasteiger partial charge is 0.349 e. The summed E-state index contributed by atoms with van der Waals surface area (Å²) in [6, 6.07) is 10.4. The number of guanidine groups is 1. The topological polar surface area (TPSA) is 58.3 Å². The Bertz CT molecular complexity index is 858. The first kappa shape index (κ1) is 21.4. The van der Waals surface area contributed by atoms with E-state index in [1.54, 1.807) is 18.4 Å². The van der Waals surface area contributed by atoms with Crippen molar-refractivity contribution in [3.8, 4) is 0 Å². The SMILES string of the molecule is CN=C(NCc1nccn1Cc1ccccc1)N(C)Cc1csc(C)n1.I. The number of aliphatic imine (C=N–C) groups is 1. The van der Waals surface area contributed by atoms with Crippen LogP contribution in [0.25, 0.3) is 0 Å². The van der Waals surface area contributed by atoms with Crippen molar-refractivity contribution in [2.45, 2.75) is 26.6 Å². The number of imidazole rings is 1. The Morgan fingerprint density at radius 1 is 1.30 bits per heavy atom. The molecule has 0 radical (unpaired) electrons. The van der Waals surface area contributed by atoms with Gasteiger partial charge in [-0.05, 0) is 12.5 Å². The van der Waals surface area contributed by atoms with Gasteiger partial charge in [-0.2, -0.15) is 0 Å². The van der Waals surface area contributed by atoms with Crippen LogP contribution in [0.2, 0.25) is 0 Å². The maximum absolute atomic E-state index is 4.52. The Morgan fingerprint density at radius 3 is 2.74 bits per heavy atom. The zero-order valence-electron chi connectivity index (χ0n) is 15.8. The van der Waals surface area contributed by atoms with Gasteiger partial charge in [-0.25, -0.2) is 9.97 Å². The molecule has 0 fully saturated rings. The Morgan fingerprint density at radius 2 is 2.07 bits per heavy atom. The fourth-order valence-corrected chi connectivity index (χ4v) is 3.38. The molecule has 3 aromatic rings. The fraction of sp³-hybridized carbons (Fsp3) is 0.316.